The lowest BCUT2D eigenvalue weighted by atomic mass is 9.99. The van der Waals surface area contributed by atoms with Gasteiger partial charge in [-0.25, -0.2) is 19.5 Å². The molecule has 0 aliphatic carbocycles. The Kier molecular flexibility index (Phi) is 8.59. The number of ether oxygens (including phenoxy) is 2. The summed E-state index contributed by atoms with van der Waals surface area (Å²) in [6, 6.07) is 3.17. The van der Waals surface area contributed by atoms with Gasteiger partial charge < -0.3 is 19.4 Å². The standard InChI is InChI=1S/C28H31F3N6O7S/c1-17-33-25(15-34(17)2)45(40,41)37(28(29,30)26(38)44-31)23-13-21-22(36(4)27(39)35(21)3)14-24(23)43-20-7-5-6-19(12-20)42-16-18-8-10-32-11-9-18/h5-7,12-15,18,32H,8-11,16H2,1-4H3. The topological polar surface area (TPSA) is 139 Å². The predicted octanol–water partition coefficient (Wildman–Crippen LogP) is 3.31. The van der Waals surface area contributed by atoms with E-state index in [2.05, 4.69) is 15.2 Å². The molecule has 0 spiro atoms. The van der Waals surface area contributed by atoms with Crippen LogP contribution in [0.5, 0.6) is 17.2 Å². The van der Waals surface area contributed by atoms with Crippen molar-refractivity contribution in [1.82, 2.24) is 24.0 Å². The molecule has 1 aliphatic heterocycles. The highest BCUT2D eigenvalue weighted by Crippen LogP contribution is 2.43. The summed E-state index contributed by atoms with van der Waals surface area (Å²) in [7, 11) is -1.23. The Morgan fingerprint density at radius 2 is 1.73 bits per heavy atom. The molecule has 13 nitrogen and oxygen atoms in total. The number of hydrogen-bond acceptors (Lipinski definition) is 9. The van der Waals surface area contributed by atoms with Crippen molar-refractivity contribution in [3.05, 3.63) is 58.9 Å². The molecule has 1 saturated heterocycles. The van der Waals surface area contributed by atoms with Crippen LogP contribution in [0.2, 0.25) is 0 Å². The SMILES string of the molecule is Cc1nc(S(=O)(=O)N(c2cc3c(cc2Oc2cccc(OCC4CCNCC4)c2)n(C)c(=O)n3C)C(F)(F)C(=O)OF)cn1C. The summed E-state index contributed by atoms with van der Waals surface area (Å²) >= 11 is 0. The lowest BCUT2D eigenvalue weighted by Gasteiger charge is -2.30. The van der Waals surface area contributed by atoms with Gasteiger partial charge in [0.25, 0.3) is 10.0 Å². The number of hydrogen-bond donors (Lipinski definition) is 1. The summed E-state index contributed by atoms with van der Waals surface area (Å²) < 4.78 is 87.0. The van der Waals surface area contributed by atoms with Crippen molar-refractivity contribution in [3.63, 3.8) is 0 Å². The molecule has 242 valence electrons. The van der Waals surface area contributed by atoms with Gasteiger partial charge in [0, 0.05) is 44.0 Å². The molecule has 0 radical (unpaired) electrons. The number of nitrogens with zero attached hydrogens (tertiary/aromatic N) is 5. The molecule has 0 atom stereocenters. The monoisotopic (exact) mass is 652 g/mol. The fourth-order valence-electron chi connectivity index (χ4n) is 5.08. The number of halogens is 3. The lowest BCUT2D eigenvalue weighted by Crippen LogP contribution is -2.51. The van der Waals surface area contributed by atoms with E-state index in [1.165, 1.54) is 49.3 Å². The van der Waals surface area contributed by atoms with Crippen LogP contribution in [-0.2, 0) is 40.9 Å². The van der Waals surface area contributed by atoms with E-state index in [0.717, 1.165) is 48.8 Å². The van der Waals surface area contributed by atoms with Gasteiger partial charge in [-0.2, -0.15) is 21.5 Å². The summed E-state index contributed by atoms with van der Waals surface area (Å²) in [4.78, 5) is 31.5. The van der Waals surface area contributed by atoms with Crippen molar-refractivity contribution in [2.24, 2.45) is 27.1 Å². The van der Waals surface area contributed by atoms with Crippen LogP contribution < -0.4 is 24.8 Å². The van der Waals surface area contributed by atoms with E-state index in [4.69, 9.17) is 9.47 Å². The number of aryl methyl sites for hydroxylation is 4. The minimum Gasteiger partial charge on any atom is -0.493 e. The lowest BCUT2D eigenvalue weighted by molar-refractivity contribution is -0.209. The minimum atomic E-state index is -5.42. The number of benzene rings is 2. The second-order valence-electron chi connectivity index (χ2n) is 10.7. The van der Waals surface area contributed by atoms with Gasteiger partial charge >= 0.3 is 17.7 Å². The van der Waals surface area contributed by atoms with Crippen LogP contribution in [0.15, 0.2) is 52.4 Å². The molecule has 0 amide bonds. The van der Waals surface area contributed by atoms with Crippen molar-refractivity contribution >= 4 is 32.7 Å². The van der Waals surface area contributed by atoms with Crippen molar-refractivity contribution in [1.29, 1.82) is 0 Å². The Balaban J connectivity index is 1.67. The first-order valence-corrected chi connectivity index (χ1v) is 15.3. The maximum atomic E-state index is 15.7. The van der Waals surface area contributed by atoms with Crippen LogP contribution in [0.1, 0.15) is 18.7 Å². The molecule has 1 N–H and O–H groups in total. The summed E-state index contributed by atoms with van der Waals surface area (Å²) in [5.74, 6) is -2.39. The zero-order chi connectivity index (χ0) is 32.7. The fourth-order valence-corrected chi connectivity index (χ4v) is 6.58. The van der Waals surface area contributed by atoms with Crippen molar-refractivity contribution in [2.45, 2.75) is 30.8 Å². The highest BCUT2D eigenvalue weighted by Gasteiger charge is 2.56. The molecular formula is C28H31F3N6O7S. The molecule has 3 heterocycles. The maximum Gasteiger partial charge on any atom is 0.441 e. The summed E-state index contributed by atoms with van der Waals surface area (Å²) in [6.07, 6.45) is 2.82. The second-order valence-corrected chi connectivity index (χ2v) is 12.4. The van der Waals surface area contributed by atoms with E-state index in [1.54, 1.807) is 12.1 Å². The summed E-state index contributed by atoms with van der Waals surface area (Å²) in [5, 5.41) is 2.41. The molecular weight excluding hydrogens is 621 g/mol. The Morgan fingerprint density at radius 3 is 2.36 bits per heavy atom. The Hall–Kier alpha value is -4.51. The number of piperidine rings is 1. The molecule has 0 bridgehead atoms. The number of carbonyl (C=O) groups is 1. The normalized spacial score (nSPS) is 14.5. The molecule has 5 rings (SSSR count). The number of nitrogens with one attached hydrogen (secondary N) is 1. The van der Waals surface area contributed by atoms with Gasteiger partial charge in [-0.3, -0.25) is 9.13 Å². The second kappa shape index (κ2) is 12.1. The third-order valence-electron chi connectivity index (χ3n) is 7.71. The number of anilines is 1. The van der Waals surface area contributed by atoms with Crippen LogP contribution in [0.25, 0.3) is 11.0 Å². The van der Waals surface area contributed by atoms with E-state index in [-0.39, 0.29) is 22.6 Å². The molecule has 45 heavy (non-hydrogen) atoms. The molecule has 1 aliphatic rings. The van der Waals surface area contributed by atoms with E-state index in [1.807, 2.05) is 0 Å². The quantitative estimate of drug-likeness (QED) is 0.256. The van der Waals surface area contributed by atoms with E-state index >= 15 is 8.78 Å². The number of fused-ring (bicyclic) bond motifs is 1. The van der Waals surface area contributed by atoms with Crippen LogP contribution in [0, 0.1) is 12.8 Å². The molecule has 1 fully saturated rings. The number of sulfonamides is 1. The predicted molar refractivity (Wildman–Crippen MR) is 156 cm³/mol. The Labute approximate surface area is 255 Å². The Morgan fingerprint density at radius 1 is 1.09 bits per heavy atom. The highest BCUT2D eigenvalue weighted by atomic mass is 32.2. The van der Waals surface area contributed by atoms with Gasteiger partial charge in [0.15, 0.2) is 10.8 Å². The zero-order valence-electron chi connectivity index (χ0n) is 24.8. The smallest absolute Gasteiger partial charge is 0.441 e. The maximum absolute atomic E-state index is 15.7. The number of rotatable bonds is 10. The van der Waals surface area contributed by atoms with Gasteiger partial charge in [-0.05, 0) is 57.0 Å². The highest BCUT2D eigenvalue weighted by molar-refractivity contribution is 7.92. The van der Waals surface area contributed by atoms with E-state index < -0.39 is 48.5 Å². The van der Waals surface area contributed by atoms with E-state index in [0.29, 0.717) is 18.3 Å². The first kappa shape index (κ1) is 31.9. The average Bonchev–Trinajstić information content (AvgIpc) is 3.47. The van der Waals surface area contributed by atoms with Crippen molar-refractivity contribution in [2.75, 3.05) is 24.0 Å². The number of carbonyl (C=O) groups excluding carboxylic acids is 1. The molecule has 2 aromatic carbocycles. The molecule has 0 unspecified atom stereocenters. The average molecular weight is 653 g/mol. The van der Waals surface area contributed by atoms with Gasteiger partial charge in [0.2, 0.25) is 0 Å². The fraction of sp³-hybridized carbons (Fsp3) is 0.393. The van der Waals surface area contributed by atoms with Crippen LogP contribution >= 0.6 is 0 Å². The third-order valence-corrected chi connectivity index (χ3v) is 9.34. The molecule has 0 saturated carbocycles. The number of imidazole rings is 2. The summed E-state index contributed by atoms with van der Waals surface area (Å²) in [5.41, 5.74) is -1.28. The molecule has 4 aromatic rings. The van der Waals surface area contributed by atoms with Crippen LogP contribution in [0.4, 0.5) is 19.0 Å². The Bertz CT molecular complexity index is 1900. The van der Waals surface area contributed by atoms with Gasteiger partial charge in [0.1, 0.15) is 23.0 Å². The van der Waals surface area contributed by atoms with Gasteiger partial charge in [-0.1, -0.05) is 6.07 Å². The third kappa shape index (κ3) is 5.96. The zero-order valence-corrected chi connectivity index (χ0v) is 25.6. The van der Waals surface area contributed by atoms with Gasteiger partial charge in [0.05, 0.1) is 17.6 Å². The number of aromatic nitrogens is 4. The van der Waals surface area contributed by atoms with Crippen LogP contribution in [-0.4, -0.2) is 58.8 Å². The largest absolute Gasteiger partial charge is 0.493 e. The first-order valence-electron chi connectivity index (χ1n) is 13.8. The van der Waals surface area contributed by atoms with Crippen LogP contribution in [0.3, 0.4) is 0 Å². The minimum absolute atomic E-state index is 0.00530. The first-order chi connectivity index (χ1) is 21.2. The summed E-state index contributed by atoms with van der Waals surface area (Å²) in [6.45, 7) is 3.62. The van der Waals surface area contributed by atoms with Crippen molar-refractivity contribution in [3.8, 4) is 17.2 Å². The molecule has 17 heteroatoms. The van der Waals surface area contributed by atoms with Gasteiger partial charge in [-0.15, -0.1) is 0 Å². The van der Waals surface area contributed by atoms with Crippen molar-refractivity contribution < 1.29 is 40.9 Å². The van der Waals surface area contributed by atoms with E-state index in [9.17, 15) is 22.5 Å². The number of alkyl halides is 2. The molecule has 2 aromatic heterocycles.